The Morgan fingerprint density at radius 2 is 1.82 bits per heavy atom. The van der Waals surface area contributed by atoms with Crippen molar-refractivity contribution in [1.82, 2.24) is 29.9 Å². The summed E-state index contributed by atoms with van der Waals surface area (Å²) < 4.78 is 6.82. The van der Waals surface area contributed by atoms with Crippen molar-refractivity contribution in [2.75, 3.05) is 12.8 Å². The van der Waals surface area contributed by atoms with Gasteiger partial charge in [-0.1, -0.05) is 29.5 Å². The molecule has 4 rings (SSSR count). The van der Waals surface area contributed by atoms with E-state index in [0.717, 1.165) is 22.5 Å². The highest BCUT2D eigenvalue weighted by Gasteiger charge is 2.12. The number of hydrogen-bond acceptors (Lipinski definition) is 8. The molecule has 0 amide bonds. The number of carboxylic acid groups (broad SMARTS) is 1. The molecule has 33 heavy (non-hydrogen) atoms. The van der Waals surface area contributed by atoms with Gasteiger partial charge in [0.1, 0.15) is 5.69 Å². The number of rotatable bonds is 9. The van der Waals surface area contributed by atoms with E-state index < -0.39 is 5.97 Å². The fourth-order valence-corrected chi connectivity index (χ4v) is 3.39. The largest absolute Gasteiger partial charge is 0.481 e. The average molecular weight is 445 g/mol. The van der Waals surface area contributed by atoms with Crippen LogP contribution in [0.4, 0.5) is 5.95 Å². The summed E-state index contributed by atoms with van der Waals surface area (Å²) in [4.78, 5) is 24.1. The van der Waals surface area contributed by atoms with E-state index in [0.29, 0.717) is 36.7 Å². The summed E-state index contributed by atoms with van der Waals surface area (Å²) in [6.45, 7) is 0.889. The maximum absolute atomic E-state index is 10.9. The van der Waals surface area contributed by atoms with Crippen LogP contribution in [0.25, 0.3) is 22.6 Å². The summed E-state index contributed by atoms with van der Waals surface area (Å²) in [6, 6.07) is 15.1. The van der Waals surface area contributed by atoms with Crippen molar-refractivity contribution in [3.63, 3.8) is 0 Å². The lowest BCUT2D eigenvalue weighted by atomic mass is 10.0. The first-order chi connectivity index (χ1) is 16.0. The van der Waals surface area contributed by atoms with Gasteiger partial charge >= 0.3 is 5.97 Å². The van der Waals surface area contributed by atoms with Gasteiger partial charge in [-0.25, -0.2) is 14.6 Å². The molecule has 0 fully saturated rings. The molecule has 3 N–H and O–H groups in total. The van der Waals surface area contributed by atoms with E-state index in [4.69, 9.17) is 15.6 Å². The zero-order valence-electron chi connectivity index (χ0n) is 18.0. The Bertz CT molecular complexity index is 1270. The molecule has 0 saturated heterocycles. The van der Waals surface area contributed by atoms with Gasteiger partial charge < -0.3 is 15.6 Å². The van der Waals surface area contributed by atoms with E-state index in [2.05, 4.69) is 25.3 Å². The highest BCUT2D eigenvalue weighted by Crippen LogP contribution is 2.24. The fraction of sp³-hybridized carbons (Fsp3) is 0.217. The second kappa shape index (κ2) is 9.96. The first-order valence-electron chi connectivity index (χ1n) is 10.3. The molecule has 0 saturated carbocycles. The number of carboxylic acids is 1. The summed E-state index contributed by atoms with van der Waals surface area (Å²) in [5.41, 5.74) is 11.1. The highest BCUT2D eigenvalue weighted by atomic mass is 16.5. The lowest BCUT2D eigenvalue weighted by Crippen LogP contribution is -2.04. The van der Waals surface area contributed by atoms with Crippen LogP contribution < -0.4 is 5.73 Å². The van der Waals surface area contributed by atoms with Gasteiger partial charge in [0.2, 0.25) is 5.95 Å². The number of methoxy groups -OCH3 is 1. The molecule has 0 aliphatic carbocycles. The van der Waals surface area contributed by atoms with E-state index in [1.807, 2.05) is 42.5 Å². The van der Waals surface area contributed by atoms with E-state index in [1.54, 1.807) is 24.1 Å². The molecule has 0 spiro atoms. The second-order valence-corrected chi connectivity index (χ2v) is 7.45. The normalized spacial score (nSPS) is 10.9. The van der Waals surface area contributed by atoms with Crippen molar-refractivity contribution in [3.8, 4) is 22.6 Å². The van der Waals surface area contributed by atoms with E-state index in [1.165, 1.54) is 0 Å². The number of nitrogens with zero attached hydrogens (tertiary/aromatic N) is 6. The van der Waals surface area contributed by atoms with Gasteiger partial charge in [0.15, 0.2) is 0 Å². The lowest BCUT2D eigenvalue weighted by molar-refractivity contribution is -0.136. The van der Waals surface area contributed by atoms with Crippen LogP contribution in [0.5, 0.6) is 0 Å². The number of aromatic nitrogens is 6. The van der Waals surface area contributed by atoms with Gasteiger partial charge in [0.05, 0.1) is 42.1 Å². The third kappa shape index (κ3) is 5.74. The number of hydrogen-bond donors (Lipinski definition) is 2. The molecule has 0 aliphatic rings. The second-order valence-electron chi connectivity index (χ2n) is 7.45. The Labute approximate surface area is 190 Å². The smallest absolute Gasteiger partial charge is 0.303 e. The predicted molar refractivity (Wildman–Crippen MR) is 121 cm³/mol. The van der Waals surface area contributed by atoms with Crippen LogP contribution >= 0.6 is 0 Å². The highest BCUT2D eigenvalue weighted by molar-refractivity contribution is 5.69. The van der Waals surface area contributed by atoms with E-state index in [-0.39, 0.29) is 12.4 Å². The number of benzene rings is 1. The van der Waals surface area contributed by atoms with Gasteiger partial charge in [-0.3, -0.25) is 9.78 Å². The average Bonchev–Trinajstić information content (AvgIpc) is 3.26. The SMILES string of the molecule is COCc1cccc(Cn2cc(-c3cc(-c4cccc(CCC(=O)O)c4)nc(N)n3)nn2)n1. The van der Waals surface area contributed by atoms with Gasteiger partial charge in [-0.15, -0.1) is 5.10 Å². The van der Waals surface area contributed by atoms with Crippen LogP contribution in [-0.2, 0) is 29.1 Å². The first kappa shape index (κ1) is 22.0. The van der Waals surface area contributed by atoms with Crippen LogP contribution in [0.3, 0.4) is 0 Å². The Morgan fingerprint density at radius 1 is 1.03 bits per heavy atom. The summed E-state index contributed by atoms with van der Waals surface area (Å²) in [6.07, 6.45) is 2.27. The lowest BCUT2D eigenvalue weighted by Gasteiger charge is -2.06. The Balaban J connectivity index is 1.56. The van der Waals surface area contributed by atoms with Crippen molar-refractivity contribution in [2.24, 2.45) is 0 Å². The molecule has 10 heteroatoms. The summed E-state index contributed by atoms with van der Waals surface area (Å²) >= 11 is 0. The molecule has 168 valence electrons. The molecule has 0 atom stereocenters. The van der Waals surface area contributed by atoms with E-state index >= 15 is 0 Å². The van der Waals surface area contributed by atoms with Crippen molar-refractivity contribution >= 4 is 11.9 Å². The number of aryl methyl sites for hydroxylation is 1. The predicted octanol–water partition coefficient (Wildman–Crippen LogP) is 2.59. The molecule has 0 bridgehead atoms. The van der Waals surface area contributed by atoms with Crippen LogP contribution in [0.15, 0.2) is 54.7 Å². The van der Waals surface area contributed by atoms with Gasteiger partial charge in [-0.05, 0) is 36.2 Å². The standard InChI is InChI=1S/C23H23N7O3/c1-33-14-18-7-3-6-17(25-18)12-30-13-21(28-29-30)20-11-19(26-23(24)27-20)16-5-2-4-15(10-16)8-9-22(31)32/h2-7,10-11,13H,8-9,12,14H2,1H3,(H,31,32)(H2,24,26,27). The van der Waals surface area contributed by atoms with Crippen molar-refractivity contribution in [2.45, 2.75) is 26.0 Å². The molecule has 1 aromatic carbocycles. The third-order valence-electron chi connectivity index (χ3n) is 4.88. The monoisotopic (exact) mass is 445 g/mol. The molecule has 3 heterocycles. The quantitative estimate of drug-likeness (QED) is 0.397. The summed E-state index contributed by atoms with van der Waals surface area (Å²) in [5.74, 6) is -0.723. The number of carbonyl (C=O) groups is 1. The minimum Gasteiger partial charge on any atom is -0.481 e. The molecule has 0 radical (unpaired) electrons. The Morgan fingerprint density at radius 3 is 2.64 bits per heavy atom. The van der Waals surface area contributed by atoms with E-state index in [9.17, 15) is 4.79 Å². The van der Waals surface area contributed by atoms with Crippen molar-refractivity contribution in [1.29, 1.82) is 0 Å². The number of nitrogen functional groups attached to an aromatic ring is 1. The molecular formula is C23H23N7O3. The van der Waals surface area contributed by atoms with Crippen LogP contribution in [0.2, 0.25) is 0 Å². The minimum atomic E-state index is -0.835. The maximum Gasteiger partial charge on any atom is 0.303 e. The molecule has 10 nitrogen and oxygen atoms in total. The summed E-state index contributed by atoms with van der Waals surface area (Å²) in [7, 11) is 1.63. The molecule has 0 unspecified atom stereocenters. The number of anilines is 1. The number of ether oxygens (including phenoxy) is 1. The molecular weight excluding hydrogens is 422 g/mol. The maximum atomic E-state index is 10.9. The van der Waals surface area contributed by atoms with Gasteiger partial charge in [-0.2, -0.15) is 0 Å². The number of aliphatic carboxylic acids is 1. The minimum absolute atomic E-state index is 0.0625. The number of pyridine rings is 1. The molecule has 4 aromatic rings. The van der Waals surface area contributed by atoms with Gasteiger partial charge in [0, 0.05) is 19.1 Å². The fourth-order valence-electron chi connectivity index (χ4n) is 3.39. The van der Waals surface area contributed by atoms with Gasteiger partial charge in [0.25, 0.3) is 0 Å². The molecule has 0 aliphatic heterocycles. The first-order valence-corrected chi connectivity index (χ1v) is 10.3. The number of nitrogens with two attached hydrogens (primary N) is 1. The molecule has 3 aromatic heterocycles. The zero-order chi connectivity index (χ0) is 23.2. The van der Waals surface area contributed by atoms with Crippen molar-refractivity contribution < 1.29 is 14.6 Å². The topological polar surface area (TPSA) is 142 Å². The Kier molecular flexibility index (Phi) is 6.65. The van der Waals surface area contributed by atoms with Crippen molar-refractivity contribution in [3.05, 3.63) is 71.7 Å². The van der Waals surface area contributed by atoms with Crippen LogP contribution in [0, 0.1) is 0 Å². The van der Waals surface area contributed by atoms with Crippen LogP contribution in [-0.4, -0.2) is 48.1 Å². The zero-order valence-corrected chi connectivity index (χ0v) is 18.0. The summed E-state index contributed by atoms with van der Waals surface area (Å²) in [5, 5.41) is 17.4. The third-order valence-corrected chi connectivity index (χ3v) is 4.88. The Hall–Kier alpha value is -4.18. The van der Waals surface area contributed by atoms with Crippen LogP contribution in [0.1, 0.15) is 23.4 Å².